The molecule has 0 aliphatic heterocycles. The zero-order valence-electron chi connectivity index (χ0n) is 6.38. The van der Waals surface area contributed by atoms with Crippen molar-refractivity contribution in [3.8, 4) is 0 Å². The molecule has 0 aromatic heterocycles. The molecule has 0 fully saturated rings. The lowest BCUT2D eigenvalue weighted by atomic mass is 10.4. The second-order valence-electron chi connectivity index (χ2n) is 1.71. The first-order valence-electron chi connectivity index (χ1n) is 3.23. The molecule has 0 unspecified atom stereocenters. The zero-order valence-corrected chi connectivity index (χ0v) is 8.54. The van der Waals surface area contributed by atoms with E-state index in [2.05, 4.69) is 32.1 Å². The maximum absolute atomic E-state index is 10.4. The quantitative estimate of drug-likeness (QED) is 0.340. The monoisotopic (exact) mass is 270 g/mol. The van der Waals surface area contributed by atoms with Gasteiger partial charge in [0.1, 0.15) is 6.61 Å². The molecule has 0 saturated carbocycles. The SMILES string of the molecule is COC(=O)OC/C=C\CCI. The zero-order chi connectivity index (χ0) is 8.53. The molecule has 0 spiro atoms. The van der Waals surface area contributed by atoms with E-state index in [4.69, 9.17) is 0 Å². The number of rotatable bonds is 4. The van der Waals surface area contributed by atoms with Crippen molar-refractivity contribution < 1.29 is 14.3 Å². The first kappa shape index (κ1) is 10.7. The van der Waals surface area contributed by atoms with Crippen LogP contribution in [-0.4, -0.2) is 24.3 Å². The normalized spacial score (nSPS) is 10.0. The average molecular weight is 270 g/mol. The van der Waals surface area contributed by atoms with Crippen LogP contribution in [0, 0.1) is 0 Å². The van der Waals surface area contributed by atoms with Crippen LogP contribution in [0.15, 0.2) is 12.2 Å². The fraction of sp³-hybridized carbons (Fsp3) is 0.571. The Kier molecular flexibility index (Phi) is 7.66. The van der Waals surface area contributed by atoms with Crippen LogP contribution in [0.4, 0.5) is 4.79 Å². The molecular weight excluding hydrogens is 259 g/mol. The Bertz CT molecular complexity index is 134. The Morgan fingerprint density at radius 2 is 2.27 bits per heavy atom. The molecule has 0 atom stereocenters. The molecule has 4 heteroatoms. The third-order valence-electron chi connectivity index (χ3n) is 0.907. The van der Waals surface area contributed by atoms with Crippen molar-refractivity contribution in [3.05, 3.63) is 12.2 Å². The van der Waals surface area contributed by atoms with Crippen molar-refractivity contribution in [2.45, 2.75) is 6.42 Å². The molecule has 0 aromatic rings. The highest BCUT2D eigenvalue weighted by Crippen LogP contribution is 1.90. The Morgan fingerprint density at radius 3 is 2.82 bits per heavy atom. The first-order chi connectivity index (χ1) is 5.31. The maximum Gasteiger partial charge on any atom is 0.508 e. The molecule has 0 rings (SSSR count). The van der Waals surface area contributed by atoms with Gasteiger partial charge in [-0.1, -0.05) is 34.7 Å². The second-order valence-corrected chi connectivity index (χ2v) is 2.79. The Balaban J connectivity index is 3.19. The summed E-state index contributed by atoms with van der Waals surface area (Å²) in [6, 6.07) is 0. The molecule has 0 amide bonds. The largest absolute Gasteiger partial charge is 0.508 e. The van der Waals surface area contributed by atoms with Crippen LogP contribution in [0.5, 0.6) is 0 Å². The van der Waals surface area contributed by atoms with Crippen molar-refractivity contribution in [1.29, 1.82) is 0 Å². The molecule has 0 N–H and O–H groups in total. The van der Waals surface area contributed by atoms with Gasteiger partial charge in [-0.2, -0.15) is 0 Å². The second kappa shape index (κ2) is 7.84. The van der Waals surface area contributed by atoms with E-state index in [0.717, 1.165) is 10.8 Å². The van der Waals surface area contributed by atoms with Gasteiger partial charge >= 0.3 is 6.16 Å². The summed E-state index contributed by atoms with van der Waals surface area (Å²) in [5.41, 5.74) is 0. The molecule has 0 bridgehead atoms. The van der Waals surface area contributed by atoms with Crippen LogP contribution in [0.3, 0.4) is 0 Å². The minimum Gasteiger partial charge on any atom is -0.438 e. The number of methoxy groups -OCH3 is 1. The number of allylic oxidation sites excluding steroid dienone is 1. The van der Waals surface area contributed by atoms with E-state index >= 15 is 0 Å². The number of alkyl halides is 1. The van der Waals surface area contributed by atoms with Crippen LogP contribution in [-0.2, 0) is 9.47 Å². The van der Waals surface area contributed by atoms with Crippen LogP contribution in [0.1, 0.15) is 6.42 Å². The molecule has 0 aliphatic rings. The van der Waals surface area contributed by atoms with E-state index < -0.39 is 6.16 Å². The van der Waals surface area contributed by atoms with Gasteiger partial charge < -0.3 is 9.47 Å². The number of carbonyl (C=O) groups is 1. The van der Waals surface area contributed by atoms with E-state index in [1.54, 1.807) is 6.08 Å². The summed E-state index contributed by atoms with van der Waals surface area (Å²) in [7, 11) is 1.29. The topological polar surface area (TPSA) is 35.5 Å². The molecule has 0 heterocycles. The van der Waals surface area contributed by atoms with E-state index in [0.29, 0.717) is 6.61 Å². The van der Waals surface area contributed by atoms with Gasteiger partial charge in [-0.15, -0.1) is 0 Å². The lowest BCUT2D eigenvalue weighted by molar-refractivity contribution is 0.0818. The van der Waals surface area contributed by atoms with Gasteiger partial charge in [0.05, 0.1) is 7.11 Å². The molecular formula is C7H11IO3. The van der Waals surface area contributed by atoms with Crippen LogP contribution in [0.2, 0.25) is 0 Å². The fourth-order valence-corrected chi connectivity index (χ4v) is 0.784. The summed E-state index contributed by atoms with van der Waals surface area (Å²) < 4.78 is 9.92. The van der Waals surface area contributed by atoms with Crippen molar-refractivity contribution >= 4 is 28.7 Å². The average Bonchev–Trinajstić information content (AvgIpc) is 2.04. The summed E-state index contributed by atoms with van der Waals surface area (Å²) in [5.74, 6) is 0. The van der Waals surface area contributed by atoms with Crippen LogP contribution in [0.25, 0.3) is 0 Å². The first-order valence-corrected chi connectivity index (χ1v) is 4.75. The summed E-state index contributed by atoms with van der Waals surface area (Å²) in [6.45, 7) is 0.295. The van der Waals surface area contributed by atoms with Crippen molar-refractivity contribution in [2.75, 3.05) is 18.1 Å². The highest BCUT2D eigenvalue weighted by atomic mass is 127. The summed E-state index contributed by atoms with van der Waals surface area (Å²) in [4.78, 5) is 10.4. The van der Waals surface area contributed by atoms with Gasteiger partial charge in [0.2, 0.25) is 0 Å². The van der Waals surface area contributed by atoms with Crippen LogP contribution < -0.4 is 0 Å². The molecule has 0 aliphatic carbocycles. The Morgan fingerprint density at radius 1 is 1.55 bits per heavy atom. The van der Waals surface area contributed by atoms with Gasteiger partial charge in [-0.25, -0.2) is 4.79 Å². The van der Waals surface area contributed by atoms with E-state index in [1.165, 1.54) is 7.11 Å². The summed E-state index contributed by atoms with van der Waals surface area (Å²) in [5, 5.41) is 0. The molecule has 3 nitrogen and oxygen atoms in total. The predicted molar refractivity (Wildman–Crippen MR) is 51.0 cm³/mol. The highest BCUT2D eigenvalue weighted by Gasteiger charge is 1.94. The van der Waals surface area contributed by atoms with Gasteiger partial charge in [-0.05, 0) is 6.42 Å². The van der Waals surface area contributed by atoms with E-state index in [1.807, 2.05) is 6.08 Å². The standard InChI is InChI=1S/C7H11IO3/c1-10-7(9)11-6-4-2-3-5-8/h2,4H,3,5-6H2,1H3/b4-2-. The Labute approximate surface area is 79.9 Å². The molecule has 0 saturated heterocycles. The summed E-state index contributed by atoms with van der Waals surface area (Å²) >= 11 is 2.28. The smallest absolute Gasteiger partial charge is 0.438 e. The third kappa shape index (κ3) is 7.64. The number of halogens is 1. The van der Waals surface area contributed by atoms with Gasteiger partial charge in [0, 0.05) is 4.43 Å². The summed E-state index contributed by atoms with van der Waals surface area (Å²) in [6.07, 6.45) is 4.14. The lowest BCUT2D eigenvalue weighted by Gasteiger charge is -1.96. The van der Waals surface area contributed by atoms with E-state index in [9.17, 15) is 4.79 Å². The van der Waals surface area contributed by atoms with Gasteiger partial charge in [-0.3, -0.25) is 0 Å². The Hall–Kier alpha value is -0.260. The molecule has 0 aromatic carbocycles. The van der Waals surface area contributed by atoms with E-state index in [-0.39, 0.29) is 0 Å². The van der Waals surface area contributed by atoms with Crippen molar-refractivity contribution in [1.82, 2.24) is 0 Å². The van der Waals surface area contributed by atoms with Gasteiger partial charge in [0.15, 0.2) is 0 Å². The fourth-order valence-electron chi connectivity index (χ4n) is 0.424. The number of ether oxygens (including phenoxy) is 2. The number of hydrogen-bond acceptors (Lipinski definition) is 3. The highest BCUT2D eigenvalue weighted by molar-refractivity contribution is 14.1. The number of hydrogen-bond donors (Lipinski definition) is 0. The molecule has 64 valence electrons. The maximum atomic E-state index is 10.4. The number of carbonyl (C=O) groups excluding carboxylic acids is 1. The van der Waals surface area contributed by atoms with Crippen LogP contribution >= 0.6 is 22.6 Å². The minimum atomic E-state index is -0.635. The van der Waals surface area contributed by atoms with Gasteiger partial charge in [0.25, 0.3) is 0 Å². The lowest BCUT2D eigenvalue weighted by Crippen LogP contribution is -2.03. The van der Waals surface area contributed by atoms with Crippen molar-refractivity contribution in [2.24, 2.45) is 0 Å². The van der Waals surface area contributed by atoms with Crippen molar-refractivity contribution in [3.63, 3.8) is 0 Å². The minimum absolute atomic E-state index is 0.295. The third-order valence-corrected chi connectivity index (χ3v) is 1.53. The predicted octanol–water partition coefficient (Wildman–Crippen LogP) is 2.15. The molecule has 11 heavy (non-hydrogen) atoms. The molecule has 0 radical (unpaired) electrons.